The zero-order chi connectivity index (χ0) is 19.7. The number of nitro groups is 1. The van der Waals surface area contributed by atoms with Gasteiger partial charge in [0.25, 0.3) is 5.69 Å². The molecule has 2 amide bonds. The molecular formula is C20H21N3O4. The lowest BCUT2D eigenvalue weighted by molar-refractivity contribution is -0.384. The molecule has 1 aliphatic rings. The van der Waals surface area contributed by atoms with Gasteiger partial charge in [0.2, 0.25) is 11.8 Å². The molecule has 0 spiro atoms. The first-order valence-corrected chi connectivity index (χ1v) is 8.70. The molecule has 1 saturated heterocycles. The van der Waals surface area contributed by atoms with Crippen LogP contribution in [0.15, 0.2) is 36.4 Å². The minimum Gasteiger partial charge on any atom is -0.326 e. The maximum atomic E-state index is 12.6. The van der Waals surface area contributed by atoms with Crippen LogP contribution in [0, 0.1) is 36.8 Å². The van der Waals surface area contributed by atoms with Crippen molar-refractivity contribution in [1.29, 1.82) is 0 Å². The lowest BCUT2D eigenvalue weighted by atomic mass is 10.1. The number of non-ortho nitro benzene ring substituents is 1. The van der Waals surface area contributed by atoms with Crippen molar-refractivity contribution in [2.45, 2.75) is 27.2 Å². The molecule has 7 nitrogen and oxygen atoms in total. The van der Waals surface area contributed by atoms with Crippen molar-refractivity contribution in [2.75, 3.05) is 16.8 Å². The Morgan fingerprint density at radius 3 is 2.48 bits per heavy atom. The zero-order valence-corrected chi connectivity index (χ0v) is 15.5. The molecule has 0 bridgehead atoms. The molecule has 1 atom stereocenters. The van der Waals surface area contributed by atoms with Gasteiger partial charge in [-0.3, -0.25) is 19.7 Å². The van der Waals surface area contributed by atoms with Gasteiger partial charge in [0.1, 0.15) is 0 Å². The SMILES string of the molecule is Cc1ccc(N2C[C@@H](C(=O)Nc3ccc([N+](=O)[O-])cc3C)CC2=O)cc1C. The molecule has 1 aliphatic heterocycles. The van der Waals surface area contributed by atoms with Crippen molar-refractivity contribution >= 4 is 28.9 Å². The minimum atomic E-state index is -0.477. The van der Waals surface area contributed by atoms with Crippen LogP contribution < -0.4 is 10.2 Å². The highest BCUT2D eigenvalue weighted by Crippen LogP contribution is 2.28. The maximum absolute atomic E-state index is 12.6. The zero-order valence-electron chi connectivity index (χ0n) is 15.5. The van der Waals surface area contributed by atoms with E-state index in [0.717, 1.165) is 16.8 Å². The summed E-state index contributed by atoms with van der Waals surface area (Å²) in [7, 11) is 0. The molecule has 1 N–H and O–H groups in total. The van der Waals surface area contributed by atoms with Gasteiger partial charge in [-0.05, 0) is 55.7 Å². The molecule has 7 heteroatoms. The lowest BCUT2D eigenvalue weighted by Gasteiger charge is -2.18. The molecular weight excluding hydrogens is 346 g/mol. The van der Waals surface area contributed by atoms with E-state index < -0.39 is 10.8 Å². The van der Waals surface area contributed by atoms with E-state index in [2.05, 4.69) is 5.32 Å². The second-order valence-corrected chi connectivity index (χ2v) is 6.92. The van der Waals surface area contributed by atoms with Gasteiger partial charge < -0.3 is 10.2 Å². The van der Waals surface area contributed by atoms with Crippen LogP contribution in [0.1, 0.15) is 23.1 Å². The van der Waals surface area contributed by atoms with E-state index in [0.29, 0.717) is 17.8 Å². The number of carbonyl (C=O) groups excluding carboxylic acids is 2. The largest absolute Gasteiger partial charge is 0.326 e. The van der Waals surface area contributed by atoms with Crippen molar-refractivity contribution in [3.05, 3.63) is 63.2 Å². The second-order valence-electron chi connectivity index (χ2n) is 6.92. The van der Waals surface area contributed by atoms with Gasteiger partial charge in [0.15, 0.2) is 0 Å². The molecule has 1 heterocycles. The molecule has 2 aromatic rings. The van der Waals surface area contributed by atoms with Gasteiger partial charge >= 0.3 is 0 Å². The van der Waals surface area contributed by atoms with Gasteiger partial charge in [-0.15, -0.1) is 0 Å². The number of amides is 2. The summed E-state index contributed by atoms with van der Waals surface area (Å²) in [5.74, 6) is -0.806. The molecule has 0 saturated carbocycles. The Hall–Kier alpha value is -3.22. The van der Waals surface area contributed by atoms with E-state index in [4.69, 9.17) is 0 Å². The number of benzene rings is 2. The molecule has 0 unspecified atom stereocenters. The van der Waals surface area contributed by atoms with Crippen molar-refractivity contribution in [3.8, 4) is 0 Å². The number of aryl methyl sites for hydroxylation is 3. The average molecular weight is 367 g/mol. The van der Waals surface area contributed by atoms with Gasteiger partial charge in [0, 0.05) is 36.5 Å². The number of rotatable bonds is 4. The quantitative estimate of drug-likeness (QED) is 0.661. The molecule has 27 heavy (non-hydrogen) atoms. The number of nitro benzene ring substituents is 1. The summed E-state index contributed by atoms with van der Waals surface area (Å²) in [5.41, 5.74) is 4.13. The highest BCUT2D eigenvalue weighted by atomic mass is 16.6. The predicted octanol–water partition coefficient (Wildman–Crippen LogP) is 3.51. The highest BCUT2D eigenvalue weighted by Gasteiger charge is 2.35. The van der Waals surface area contributed by atoms with Gasteiger partial charge in [-0.2, -0.15) is 0 Å². The maximum Gasteiger partial charge on any atom is 0.269 e. The average Bonchev–Trinajstić information content (AvgIpc) is 3.01. The van der Waals surface area contributed by atoms with Crippen molar-refractivity contribution in [3.63, 3.8) is 0 Å². The Bertz CT molecular complexity index is 939. The van der Waals surface area contributed by atoms with E-state index in [1.807, 2.05) is 32.0 Å². The fourth-order valence-corrected chi connectivity index (χ4v) is 3.16. The third-order valence-corrected chi connectivity index (χ3v) is 4.98. The smallest absolute Gasteiger partial charge is 0.269 e. The van der Waals surface area contributed by atoms with E-state index >= 15 is 0 Å². The molecule has 2 aromatic carbocycles. The number of carbonyl (C=O) groups is 2. The van der Waals surface area contributed by atoms with Crippen LogP contribution in [0.2, 0.25) is 0 Å². The van der Waals surface area contributed by atoms with E-state index in [1.54, 1.807) is 11.8 Å². The van der Waals surface area contributed by atoms with Crippen molar-refractivity contribution in [2.24, 2.45) is 5.92 Å². The summed E-state index contributed by atoms with van der Waals surface area (Å²) in [5, 5.41) is 13.6. The molecule has 3 rings (SSSR count). The Kier molecular flexibility index (Phi) is 4.94. The van der Waals surface area contributed by atoms with E-state index in [-0.39, 0.29) is 23.9 Å². The number of nitrogens with one attached hydrogen (secondary N) is 1. The van der Waals surface area contributed by atoms with Crippen molar-refractivity contribution in [1.82, 2.24) is 0 Å². The summed E-state index contributed by atoms with van der Waals surface area (Å²) in [6.07, 6.45) is 0.144. The Labute approximate surface area is 157 Å². The first-order valence-electron chi connectivity index (χ1n) is 8.70. The summed E-state index contributed by atoms with van der Waals surface area (Å²) in [4.78, 5) is 37.0. The highest BCUT2D eigenvalue weighted by molar-refractivity contribution is 6.03. The molecule has 1 fully saturated rings. The van der Waals surface area contributed by atoms with Crippen LogP contribution in [-0.2, 0) is 9.59 Å². The second kappa shape index (κ2) is 7.19. The van der Waals surface area contributed by atoms with Crippen LogP contribution in [0.25, 0.3) is 0 Å². The fourth-order valence-electron chi connectivity index (χ4n) is 3.16. The molecule has 0 aliphatic carbocycles. The van der Waals surface area contributed by atoms with Gasteiger partial charge in [-0.1, -0.05) is 6.07 Å². The monoisotopic (exact) mass is 367 g/mol. The third kappa shape index (κ3) is 3.81. The summed E-state index contributed by atoms with van der Waals surface area (Å²) in [6.45, 7) is 6.01. The van der Waals surface area contributed by atoms with E-state index in [1.165, 1.54) is 18.2 Å². The minimum absolute atomic E-state index is 0.0255. The van der Waals surface area contributed by atoms with Crippen LogP contribution in [-0.4, -0.2) is 23.3 Å². The third-order valence-electron chi connectivity index (χ3n) is 4.98. The lowest BCUT2D eigenvalue weighted by Crippen LogP contribution is -2.28. The van der Waals surface area contributed by atoms with Crippen LogP contribution in [0.5, 0.6) is 0 Å². The summed E-state index contributed by atoms with van der Waals surface area (Å²) < 4.78 is 0. The van der Waals surface area contributed by atoms with E-state index in [9.17, 15) is 19.7 Å². The summed E-state index contributed by atoms with van der Waals surface area (Å²) in [6, 6.07) is 10.1. The van der Waals surface area contributed by atoms with Gasteiger partial charge in [-0.25, -0.2) is 0 Å². The number of nitrogens with zero attached hydrogens (tertiary/aromatic N) is 2. The number of hydrogen-bond donors (Lipinski definition) is 1. The van der Waals surface area contributed by atoms with Crippen molar-refractivity contribution < 1.29 is 14.5 Å². The molecule has 0 radical (unpaired) electrons. The Morgan fingerprint density at radius 2 is 1.85 bits per heavy atom. The predicted molar refractivity (Wildman–Crippen MR) is 103 cm³/mol. The number of anilines is 2. The Morgan fingerprint density at radius 1 is 1.11 bits per heavy atom. The fraction of sp³-hybridized carbons (Fsp3) is 0.300. The van der Waals surface area contributed by atoms with Crippen LogP contribution in [0.3, 0.4) is 0 Å². The number of hydrogen-bond acceptors (Lipinski definition) is 4. The summed E-state index contributed by atoms with van der Waals surface area (Å²) >= 11 is 0. The topological polar surface area (TPSA) is 92.6 Å². The van der Waals surface area contributed by atoms with Crippen LogP contribution >= 0.6 is 0 Å². The first kappa shape index (κ1) is 18.6. The standard InChI is InChI=1S/C20H21N3O4/c1-12-4-5-16(8-13(12)2)22-11-15(10-19(22)24)20(25)21-18-7-6-17(23(26)27)9-14(18)3/h4-9,15H,10-11H2,1-3H3,(H,21,25)/t15-/m0/s1. The Balaban J connectivity index is 1.72. The van der Waals surface area contributed by atoms with Crippen LogP contribution in [0.4, 0.5) is 17.1 Å². The normalized spacial score (nSPS) is 16.5. The van der Waals surface area contributed by atoms with Gasteiger partial charge in [0.05, 0.1) is 10.8 Å². The molecule has 140 valence electrons. The molecule has 0 aromatic heterocycles. The first-order chi connectivity index (χ1) is 12.8.